The van der Waals surface area contributed by atoms with Gasteiger partial charge in [0.1, 0.15) is 11.5 Å². The Bertz CT molecular complexity index is 376. The normalized spacial score (nSPS) is 20.6. The second-order valence-corrected chi connectivity index (χ2v) is 3.98. The molecule has 80 valence electrons. The summed E-state index contributed by atoms with van der Waals surface area (Å²) in [5, 5.41) is 7.44. The molecule has 1 aliphatic rings. The van der Waals surface area contributed by atoms with E-state index in [1.807, 2.05) is 0 Å². The summed E-state index contributed by atoms with van der Waals surface area (Å²) < 4.78 is 0. The van der Waals surface area contributed by atoms with E-state index in [0.29, 0.717) is 11.6 Å². The Morgan fingerprint density at radius 1 is 1.53 bits per heavy atom. The van der Waals surface area contributed by atoms with Crippen LogP contribution in [0.4, 0.5) is 5.82 Å². The van der Waals surface area contributed by atoms with Gasteiger partial charge in [-0.3, -0.25) is 5.41 Å². The molecule has 0 saturated carbocycles. The van der Waals surface area contributed by atoms with Gasteiger partial charge in [-0.05, 0) is 12.3 Å². The standard InChI is InChI=1S/C10H15N5/c1-7-2-5-15(6-7)10-8(9(11)12)13-3-4-14-10/h3-4,7H,2,5-6H2,1H3,(H3,11,12). The SMILES string of the molecule is CC1CCN(c2nccnc2C(=N)N)C1. The lowest BCUT2D eigenvalue weighted by atomic mass is 10.2. The van der Waals surface area contributed by atoms with Crippen LogP contribution in [0.15, 0.2) is 12.4 Å². The molecule has 1 atom stereocenters. The molecular formula is C10H15N5. The molecule has 1 fully saturated rings. The van der Waals surface area contributed by atoms with Crippen LogP contribution >= 0.6 is 0 Å². The number of nitrogen functional groups attached to an aromatic ring is 1. The van der Waals surface area contributed by atoms with Gasteiger partial charge in [0.2, 0.25) is 0 Å². The van der Waals surface area contributed by atoms with Gasteiger partial charge in [0.05, 0.1) is 0 Å². The molecule has 0 aliphatic carbocycles. The van der Waals surface area contributed by atoms with Gasteiger partial charge in [-0.2, -0.15) is 0 Å². The molecule has 1 unspecified atom stereocenters. The summed E-state index contributed by atoms with van der Waals surface area (Å²) >= 11 is 0. The number of rotatable bonds is 2. The van der Waals surface area contributed by atoms with Crippen molar-refractivity contribution < 1.29 is 0 Å². The van der Waals surface area contributed by atoms with Gasteiger partial charge in [0.15, 0.2) is 5.82 Å². The first-order valence-corrected chi connectivity index (χ1v) is 5.09. The van der Waals surface area contributed by atoms with Crippen LogP contribution < -0.4 is 10.6 Å². The van der Waals surface area contributed by atoms with Gasteiger partial charge in [-0.1, -0.05) is 6.92 Å². The molecule has 3 N–H and O–H groups in total. The maximum Gasteiger partial charge on any atom is 0.158 e. The summed E-state index contributed by atoms with van der Waals surface area (Å²) in [5.74, 6) is 1.40. The minimum absolute atomic E-state index is 0.0161. The molecule has 1 aliphatic heterocycles. The van der Waals surface area contributed by atoms with Crippen LogP contribution in [-0.4, -0.2) is 28.9 Å². The minimum Gasteiger partial charge on any atom is -0.382 e. The van der Waals surface area contributed by atoms with E-state index in [4.69, 9.17) is 11.1 Å². The van der Waals surface area contributed by atoms with E-state index >= 15 is 0 Å². The first-order valence-electron chi connectivity index (χ1n) is 5.09. The molecule has 0 radical (unpaired) electrons. The summed E-state index contributed by atoms with van der Waals surface area (Å²) in [5.41, 5.74) is 5.96. The third kappa shape index (κ3) is 1.91. The van der Waals surface area contributed by atoms with Crippen molar-refractivity contribution in [2.45, 2.75) is 13.3 Å². The van der Waals surface area contributed by atoms with E-state index in [1.54, 1.807) is 12.4 Å². The van der Waals surface area contributed by atoms with Crippen molar-refractivity contribution in [2.24, 2.45) is 11.7 Å². The highest BCUT2D eigenvalue weighted by atomic mass is 15.2. The van der Waals surface area contributed by atoms with Crippen molar-refractivity contribution >= 4 is 11.7 Å². The molecule has 15 heavy (non-hydrogen) atoms. The number of hydrogen-bond acceptors (Lipinski definition) is 4. The Hall–Kier alpha value is -1.65. The summed E-state index contributed by atoms with van der Waals surface area (Å²) in [6.07, 6.45) is 4.37. The smallest absolute Gasteiger partial charge is 0.158 e. The Morgan fingerprint density at radius 2 is 2.27 bits per heavy atom. The highest BCUT2D eigenvalue weighted by Gasteiger charge is 2.23. The molecule has 5 nitrogen and oxygen atoms in total. The predicted molar refractivity (Wildman–Crippen MR) is 59.0 cm³/mol. The molecule has 0 aromatic carbocycles. The van der Waals surface area contributed by atoms with Crippen LogP contribution in [0.5, 0.6) is 0 Å². The molecular weight excluding hydrogens is 190 g/mol. The van der Waals surface area contributed by atoms with Gasteiger partial charge >= 0.3 is 0 Å². The lowest BCUT2D eigenvalue weighted by Gasteiger charge is -2.18. The second-order valence-electron chi connectivity index (χ2n) is 3.98. The van der Waals surface area contributed by atoms with Crippen molar-refractivity contribution in [3.05, 3.63) is 18.1 Å². The zero-order chi connectivity index (χ0) is 10.8. The van der Waals surface area contributed by atoms with Crippen LogP contribution in [-0.2, 0) is 0 Å². The van der Waals surface area contributed by atoms with Gasteiger partial charge in [-0.25, -0.2) is 9.97 Å². The number of nitrogens with two attached hydrogens (primary N) is 1. The zero-order valence-corrected chi connectivity index (χ0v) is 8.77. The average Bonchev–Trinajstić information content (AvgIpc) is 2.65. The van der Waals surface area contributed by atoms with Crippen LogP contribution in [0.2, 0.25) is 0 Å². The Kier molecular flexibility index (Phi) is 2.53. The average molecular weight is 205 g/mol. The lowest BCUT2D eigenvalue weighted by molar-refractivity contribution is 0.658. The van der Waals surface area contributed by atoms with E-state index in [0.717, 1.165) is 25.3 Å². The predicted octanol–water partition coefficient (Wildman–Crippen LogP) is 0.607. The fraction of sp³-hybridized carbons (Fsp3) is 0.500. The highest BCUT2D eigenvalue weighted by molar-refractivity contribution is 5.97. The maximum atomic E-state index is 7.44. The van der Waals surface area contributed by atoms with E-state index in [9.17, 15) is 0 Å². The minimum atomic E-state index is -0.0161. The van der Waals surface area contributed by atoms with E-state index < -0.39 is 0 Å². The fourth-order valence-electron chi connectivity index (χ4n) is 1.88. The molecule has 0 spiro atoms. The summed E-state index contributed by atoms with van der Waals surface area (Å²) in [4.78, 5) is 10.5. The maximum absolute atomic E-state index is 7.44. The first-order chi connectivity index (χ1) is 7.18. The zero-order valence-electron chi connectivity index (χ0n) is 8.77. The number of nitrogens with zero attached hydrogens (tertiary/aromatic N) is 3. The third-order valence-corrected chi connectivity index (χ3v) is 2.66. The number of nitrogens with one attached hydrogen (secondary N) is 1. The Balaban J connectivity index is 2.31. The molecule has 2 heterocycles. The summed E-state index contributed by atoms with van der Waals surface area (Å²) in [7, 11) is 0. The van der Waals surface area contributed by atoms with Gasteiger partial charge in [0, 0.05) is 25.5 Å². The lowest BCUT2D eigenvalue weighted by Crippen LogP contribution is -2.26. The van der Waals surface area contributed by atoms with Crippen molar-refractivity contribution in [3.8, 4) is 0 Å². The second kappa shape index (κ2) is 3.84. The van der Waals surface area contributed by atoms with Crippen LogP contribution in [0.25, 0.3) is 0 Å². The first kappa shape index (κ1) is 9.89. The number of anilines is 1. The van der Waals surface area contributed by atoms with Gasteiger partial charge in [-0.15, -0.1) is 0 Å². The summed E-state index contributed by atoms with van der Waals surface area (Å²) in [6.45, 7) is 4.16. The monoisotopic (exact) mass is 205 g/mol. The van der Waals surface area contributed by atoms with Crippen LogP contribution in [0, 0.1) is 11.3 Å². The Labute approximate surface area is 88.8 Å². The van der Waals surface area contributed by atoms with Gasteiger partial charge < -0.3 is 10.6 Å². The number of amidine groups is 1. The van der Waals surface area contributed by atoms with Crippen molar-refractivity contribution in [1.29, 1.82) is 5.41 Å². The largest absolute Gasteiger partial charge is 0.382 e. The van der Waals surface area contributed by atoms with Crippen LogP contribution in [0.1, 0.15) is 19.0 Å². The molecule has 0 amide bonds. The number of hydrogen-bond donors (Lipinski definition) is 2. The Morgan fingerprint density at radius 3 is 2.87 bits per heavy atom. The van der Waals surface area contributed by atoms with Crippen LogP contribution in [0.3, 0.4) is 0 Å². The molecule has 2 rings (SSSR count). The molecule has 0 bridgehead atoms. The molecule has 1 aromatic heterocycles. The third-order valence-electron chi connectivity index (χ3n) is 2.66. The molecule has 5 heteroatoms. The van der Waals surface area contributed by atoms with Crippen molar-refractivity contribution in [3.63, 3.8) is 0 Å². The molecule has 1 aromatic rings. The number of aromatic nitrogens is 2. The topological polar surface area (TPSA) is 78.9 Å². The van der Waals surface area contributed by atoms with Crippen molar-refractivity contribution in [2.75, 3.05) is 18.0 Å². The van der Waals surface area contributed by atoms with E-state index in [2.05, 4.69) is 21.8 Å². The van der Waals surface area contributed by atoms with Gasteiger partial charge in [0.25, 0.3) is 0 Å². The van der Waals surface area contributed by atoms with Crippen molar-refractivity contribution in [1.82, 2.24) is 9.97 Å². The summed E-state index contributed by atoms with van der Waals surface area (Å²) in [6, 6.07) is 0. The highest BCUT2D eigenvalue weighted by Crippen LogP contribution is 2.23. The fourth-order valence-corrected chi connectivity index (χ4v) is 1.88. The quantitative estimate of drug-likeness (QED) is 0.547. The van der Waals surface area contributed by atoms with E-state index in [-0.39, 0.29) is 5.84 Å². The van der Waals surface area contributed by atoms with E-state index in [1.165, 1.54) is 0 Å². The molecule has 1 saturated heterocycles.